The summed E-state index contributed by atoms with van der Waals surface area (Å²) in [5.74, 6) is 1.52. The summed E-state index contributed by atoms with van der Waals surface area (Å²) in [6, 6.07) is 19.1. The lowest BCUT2D eigenvalue weighted by Gasteiger charge is -2.21. The molecule has 2 N–H and O–H groups in total. The Balaban J connectivity index is 1.30. The van der Waals surface area contributed by atoms with Crippen LogP contribution in [0.1, 0.15) is 24.5 Å². The van der Waals surface area contributed by atoms with Crippen LogP contribution in [0.25, 0.3) is 28.3 Å². The maximum absolute atomic E-state index is 9.29. The third-order valence-corrected chi connectivity index (χ3v) is 7.46. The van der Waals surface area contributed by atoms with Gasteiger partial charge in [-0.2, -0.15) is 5.26 Å². The van der Waals surface area contributed by atoms with Gasteiger partial charge in [0, 0.05) is 62.1 Å². The number of nitrogens with one attached hydrogen (secondary N) is 1. The van der Waals surface area contributed by atoms with Crippen LogP contribution in [0.5, 0.6) is 0 Å². The highest BCUT2D eigenvalue weighted by atomic mass is 16.3. The Labute approximate surface area is 211 Å². The van der Waals surface area contributed by atoms with Gasteiger partial charge in [0.2, 0.25) is 0 Å². The molecule has 2 aliphatic heterocycles. The van der Waals surface area contributed by atoms with Crippen molar-refractivity contribution in [2.45, 2.75) is 25.9 Å². The van der Waals surface area contributed by atoms with E-state index in [0.29, 0.717) is 11.5 Å². The Morgan fingerprint density at radius 1 is 1.17 bits per heavy atom. The van der Waals surface area contributed by atoms with E-state index in [9.17, 15) is 5.11 Å². The number of hydrogen-bond donors (Lipinski definition) is 2. The Morgan fingerprint density at radius 3 is 2.83 bits per heavy atom. The maximum atomic E-state index is 9.29. The van der Waals surface area contributed by atoms with Crippen molar-refractivity contribution in [3.05, 3.63) is 78.2 Å². The summed E-state index contributed by atoms with van der Waals surface area (Å²) in [4.78, 5) is 7.19. The Bertz CT molecular complexity index is 1430. The van der Waals surface area contributed by atoms with E-state index in [0.717, 1.165) is 55.2 Å². The number of aliphatic hydroxyl groups excluding tert-OH is 1. The molecule has 0 bridgehead atoms. The molecule has 1 fully saturated rings. The van der Waals surface area contributed by atoms with Crippen LogP contribution in [0.15, 0.2) is 67.1 Å². The molecular weight excluding hydrogens is 448 g/mol. The van der Waals surface area contributed by atoms with Crippen molar-refractivity contribution in [1.29, 1.82) is 5.26 Å². The SMILES string of the molecule is CC(CO)NC[C@@H]1CCN(c2ccc3c(c2)Cn2cc(-c4ccc(C#N)cc4)cc2-c2nccn2-3)C1. The second-order valence-corrected chi connectivity index (χ2v) is 9.96. The number of nitriles is 1. The average molecular weight is 479 g/mol. The third-order valence-electron chi connectivity index (χ3n) is 7.46. The van der Waals surface area contributed by atoms with Crippen molar-refractivity contribution in [3.8, 4) is 34.4 Å². The Hall–Kier alpha value is -3.86. The van der Waals surface area contributed by atoms with E-state index in [1.807, 2.05) is 43.6 Å². The quantitative estimate of drug-likeness (QED) is 0.385. The molecule has 0 aliphatic carbocycles. The number of anilines is 1. The Kier molecular flexibility index (Phi) is 5.84. The molecule has 36 heavy (non-hydrogen) atoms. The number of hydrogen-bond acceptors (Lipinski definition) is 5. The fourth-order valence-corrected chi connectivity index (χ4v) is 5.39. The van der Waals surface area contributed by atoms with Crippen LogP contribution in [-0.2, 0) is 6.54 Å². The summed E-state index contributed by atoms with van der Waals surface area (Å²) in [6.07, 6.45) is 7.25. The second kappa shape index (κ2) is 9.30. The van der Waals surface area contributed by atoms with Gasteiger partial charge >= 0.3 is 0 Å². The summed E-state index contributed by atoms with van der Waals surface area (Å²) in [5, 5.41) is 21.9. The minimum Gasteiger partial charge on any atom is -0.395 e. The lowest BCUT2D eigenvalue weighted by Crippen LogP contribution is -2.34. The number of imidazole rings is 1. The molecule has 0 saturated carbocycles. The molecule has 2 aliphatic rings. The van der Waals surface area contributed by atoms with Gasteiger partial charge in [-0.25, -0.2) is 4.98 Å². The predicted molar refractivity (Wildman–Crippen MR) is 141 cm³/mol. The topological polar surface area (TPSA) is 82.0 Å². The number of nitrogens with zero attached hydrogens (tertiary/aromatic N) is 5. The summed E-state index contributed by atoms with van der Waals surface area (Å²) in [5.41, 5.74) is 7.66. The van der Waals surface area contributed by atoms with Gasteiger partial charge in [-0.15, -0.1) is 0 Å². The van der Waals surface area contributed by atoms with Crippen molar-refractivity contribution in [1.82, 2.24) is 19.4 Å². The van der Waals surface area contributed by atoms with Gasteiger partial charge in [0.15, 0.2) is 5.82 Å². The molecule has 7 nitrogen and oxygen atoms in total. The number of benzene rings is 2. The van der Waals surface area contributed by atoms with Gasteiger partial charge in [-0.05, 0) is 66.8 Å². The highest BCUT2D eigenvalue weighted by Crippen LogP contribution is 2.36. The van der Waals surface area contributed by atoms with Crippen LogP contribution in [0.3, 0.4) is 0 Å². The largest absolute Gasteiger partial charge is 0.395 e. The first-order valence-electron chi connectivity index (χ1n) is 12.6. The Morgan fingerprint density at radius 2 is 2.03 bits per heavy atom. The summed E-state index contributed by atoms with van der Waals surface area (Å²) < 4.78 is 4.47. The zero-order valence-electron chi connectivity index (χ0n) is 20.4. The van der Waals surface area contributed by atoms with Gasteiger partial charge in [0.05, 0.1) is 29.6 Å². The normalized spacial score (nSPS) is 17.1. The first-order chi connectivity index (χ1) is 17.6. The maximum Gasteiger partial charge on any atom is 0.161 e. The van der Waals surface area contributed by atoms with Crippen LogP contribution in [0.2, 0.25) is 0 Å². The number of rotatable bonds is 6. The lowest BCUT2D eigenvalue weighted by atomic mass is 10.1. The van der Waals surface area contributed by atoms with Crippen molar-refractivity contribution in [2.24, 2.45) is 5.92 Å². The molecule has 4 aromatic rings. The summed E-state index contributed by atoms with van der Waals surface area (Å²) >= 11 is 0. The zero-order chi connectivity index (χ0) is 24.6. The molecule has 2 aromatic carbocycles. The van der Waals surface area contributed by atoms with E-state index in [1.54, 1.807) is 0 Å². The highest BCUT2D eigenvalue weighted by Gasteiger charge is 2.25. The van der Waals surface area contributed by atoms with Crippen molar-refractivity contribution in [3.63, 3.8) is 0 Å². The molecule has 182 valence electrons. The van der Waals surface area contributed by atoms with E-state index in [4.69, 9.17) is 10.2 Å². The zero-order valence-corrected chi connectivity index (χ0v) is 20.4. The average Bonchev–Trinajstić information content (AvgIpc) is 3.66. The lowest BCUT2D eigenvalue weighted by molar-refractivity contribution is 0.247. The van der Waals surface area contributed by atoms with Crippen molar-refractivity contribution in [2.75, 3.05) is 31.1 Å². The van der Waals surface area contributed by atoms with E-state index in [2.05, 4.69) is 55.9 Å². The molecule has 2 aromatic heterocycles. The third kappa shape index (κ3) is 4.09. The first-order valence-corrected chi connectivity index (χ1v) is 12.6. The summed E-state index contributed by atoms with van der Waals surface area (Å²) in [7, 11) is 0. The van der Waals surface area contributed by atoms with Crippen LogP contribution in [-0.4, -0.2) is 51.5 Å². The van der Waals surface area contributed by atoms with Crippen LogP contribution >= 0.6 is 0 Å². The van der Waals surface area contributed by atoms with Crippen LogP contribution in [0.4, 0.5) is 5.69 Å². The molecule has 4 heterocycles. The molecular formula is C29H30N6O. The molecule has 0 radical (unpaired) electrons. The predicted octanol–water partition coefficient (Wildman–Crippen LogP) is 4.04. The van der Waals surface area contributed by atoms with Gasteiger partial charge in [0.25, 0.3) is 0 Å². The molecule has 1 unspecified atom stereocenters. The molecule has 2 atom stereocenters. The highest BCUT2D eigenvalue weighted by molar-refractivity contribution is 5.72. The fourth-order valence-electron chi connectivity index (χ4n) is 5.39. The minimum absolute atomic E-state index is 0.140. The summed E-state index contributed by atoms with van der Waals surface area (Å²) in [6.45, 7) is 5.97. The first kappa shape index (κ1) is 22.6. The molecule has 0 amide bonds. The smallest absolute Gasteiger partial charge is 0.161 e. The van der Waals surface area contributed by atoms with E-state index >= 15 is 0 Å². The van der Waals surface area contributed by atoms with Gasteiger partial charge in [-0.3, -0.25) is 4.57 Å². The number of aromatic nitrogens is 3. The van der Waals surface area contributed by atoms with Gasteiger partial charge in [0.1, 0.15) is 0 Å². The molecule has 7 heteroatoms. The molecule has 1 saturated heterocycles. The van der Waals surface area contributed by atoms with E-state index < -0.39 is 0 Å². The van der Waals surface area contributed by atoms with E-state index in [1.165, 1.54) is 16.9 Å². The van der Waals surface area contributed by atoms with Gasteiger partial charge in [-0.1, -0.05) is 12.1 Å². The van der Waals surface area contributed by atoms with Crippen LogP contribution < -0.4 is 10.2 Å². The minimum atomic E-state index is 0.140. The van der Waals surface area contributed by atoms with Crippen molar-refractivity contribution >= 4 is 5.69 Å². The number of aliphatic hydroxyl groups is 1. The fraction of sp³-hybridized carbons (Fsp3) is 0.310. The second-order valence-electron chi connectivity index (χ2n) is 9.96. The number of fused-ring (bicyclic) bond motifs is 5. The molecule has 0 spiro atoms. The molecule has 6 rings (SSSR count). The monoisotopic (exact) mass is 478 g/mol. The standard InChI is InChI=1S/C29H30N6O/c1-20(19-36)32-15-22-8-10-33(16-22)26-6-7-27-25(12-26)18-34-17-24(23-4-2-21(14-30)3-5-23)13-28(34)29-31-9-11-35(27)29/h2-7,9,11-13,17,20,22,32,36H,8,10,15-16,18-19H2,1H3/t20?,22-/m0/s1. The van der Waals surface area contributed by atoms with Gasteiger partial charge < -0.3 is 19.9 Å². The van der Waals surface area contributed by atoms with Crippen molar-refractivity contribution < 1.29 is 5.11 Å². The van der Waals surface area contributed by atoms with Crippen LogP contribution in [0, 0.1) is 17.2 Å². The van der Waals surface area contributed by atoms with E-state index in [-0.39, 0.29) is 12.6 Å².